The lowest BCUT2D eigenvalue weighted by molar-refractivity contribution is 0.204. The van der Waals surface area contributed by atoms with Gasteiger partial charge in [0.1, 0.15) is 0 Å². The van der Waals surface area contributed by atoms with Gasteiger partial charge in [0.25, 0.3) is 0 Å². The molecule has 0 saturated carbocycles. The number of fused-ring (bicyclic) bond motifs is 2. The van der Waals surface area contributed by atoms with Crippen LogP contribution in [0.15, 0.2) is 42.6 Å². The van der Waals surface area contributed by atoms with Crippen molar-refractivity contribution in [3.8, 4) is 0 Å². The lowest BCUT2D eigenvalue weighted by atomic mass is 10.0. The number of aromatic nitrogens is 3. The first-order chi connectivity index (χ1) is 15.2. The summed E-state index contributed by atoms with van der Waals surface area (Å²) in [5.74, 6) is 0.992. The van der Waals surface area contributed by atoms with E-state index in [1.165, 1.54) is 16.8 Å². The van der Waals surface area contributed by atoms with E-state index in [1.807, 2.05) is 12.3 Å². The largest absolute Gasteiger partial charge is 0.353 e. The number of nitrogens with two attached hydrogens (primary N) is 1. The van der Waals surface area contributed by atoms with E-state index < -0.39 is 0 Å². The highest BCUT2D eigenvalue weighted by molar-refractivity contribution is 5.79. The molecule has 0 spiro atoms. The number of hydrogen-bond donors (Lipinski definition) is 2. The molecule has 1 aromatic carbocycles. The molecule has 0 radical (unpaired) electrons. The van der Waals surface area contributed by atoms with Crippen molar-refractivity contribution in [3.63, 3.8) is 0 Å². The number of nitrogens with zero attached hydrogens (tertiary/aromatic N) is 4. The van der Waals surface area contributed by atoms with Crippen LogP contribution in [0.1, 0.15) is 56.3 Å². The molecule has 31 heavy (non-hydrogen) atoms. The Morgan fingerprint density at radius 2 is 1.97 bits per heavy atom. The number of benzene rings is 1. The summed E-state index contributed by atoms with van der Waals surface area (Å²) in [6.45, 7) is 5.43. The van der Waals surface area contributed by atoms with Gasteiger partial charge in [-0.25, -0.2) is 4.98 Å². The van der Waals surface area contributed by atoms with Crippen LogP contribution in [0.2, 0.25) is 0 Å². The Kier molecular flexibility index (Phi) is 5.92. The third kappa shape index (κ3) is 4.19. The number of hydrogen-bond acceptors (Lipinski definition) is 5. The quantitative estimate of drug-likeness (QED) is 0.607. The average molecular weight is 419 g/mol. The van der Waals surface area contributed by atoms with Crippen LogP contribution in [0.5, 0.6) is 0 Å². The van der Waals surface area contributed by atoms with E-state index in [-0.39, 0.29) is 6.04 Å². The maximum absolute atomic E-state index is 6.27. The fourth-order valence-corrected chi connectivity index (χ4v) is 5.34. The first-order valence-corrected chi connectivity index (χ1v) is 11.9. The molecule has 3 N–H and O–H groups in total. The third-order valence-corrected chi connectivity index (χ3v) is 6.91. The van der Waals surface area contributed by atoms with E-state index in [0.717, 1.165) is 69.6 Å². The first-order valence-electron chi connectivity index (χ1n) is 11.9. The summed E-state index contributed by atoms with van der Waals surface area (Å²) in [4.78, 5) is 12.3. The van der Waals surface area contributed by atoms with E-state index in [0.29, 0.717) is 12.1 Å². The van der Waals surface area contributed by atoms with Crippen LogP contribution >= 0.6 is 0 Å². The molecular weight excluding hydrogens is 384 g/mol. The molecule has 6 heteroatoms. The highest BCUT2D eigenvalue weighted by atomic mass is 15.3. The topological polar surface area (TPSA) is 72.0 Å². The van der Waals surface area contributed by atoms with Crippen LogP contribution in [0.4, 0.5) is 5.95 Å². The van der Waals surface area contributed by atoms with Gasteiger partial charge in [0.15, 0.2) is 0 Å². The first kappa shape index (κ1) is 20.5. The smallest absolute Gasteiger partial charge is 0.204 e. The minimum absolute atomic E-state index is 0.248. The summed E-state index contributed by atoms with van der Waals surface area (Å²) in [5.41, 5.74) is 11.1. The summed E-state index contributed by atoms with van der Waals surface area (Å²) >= 11 is 0. The molecule has 6 nitrogen and oxygen atoms in total. The normalized spacial score (nSPS) is 20.8. The van der Waals surface area contributed by atoms with Crippen molar-refractivity contribution < 1.29 is 0 Å². The minimum atomic E-state index is 0.248. The molecule has 0 amide bonds. The molecule has 5 rings (SSSR count). The maximum Gasteiger partial charge on any atom is 0.204 e. The van der Waals surface area contributed by atoms with Crippen LogP contribution in [-0.2, 0) is 6.42 Å². The number of piperidine rings is 1. The molecule has 1 fully saturated rings. The number of aryl methyl sites for hydroxylation is 1. The van der Waals surface area contributed by atoms with Gasteiger partial charge in [0, 0.05) is 37.9 Å². The summed E-state index contributed by atoms with van der Waals surface area (Å²) in [7, 11) is 0. The molecule has 1 aliphatic heterocycles. The summed E-state index contributed by atoms with van der Waals surface area (Å²) in [6.07, 6.45) is 8.60. The standard InChI is InChI=1S/C25H34N6/c1-2-6-19(26)17-30-15-12-20(13-16-30)28-25-29-21-8-3-4-9-22(21)31(25)23-11-10-18-7-5-14-27-24(18)23/h3-5,7-9,14,19-20,23H,2,6,10-13,15-17,26H2,1H3,(H,28,29). The predicted octanol–water partition coefficient (Wildman–Crippen LogP) is 3.97. The monoisotopic (exact) mass is 418 g/mol. The number of para-hydroxylation sites is 2. The molecular formula is C25H34N6. The van der Waals surface area contributed by atoms with Crippen molar-refractivity contribution in [3.05, 3.63) is 53.9 Å². The molecule has 164 valence electrons. The Labute approximate surface area is 184 Å². The van der Waals surface area contributed by atoms with Crippen molar-refractivity contribution in [1.29, 1.82) is 0 Å². The number of pyridine rings is 1. The van der Waals surface area contributed by atoms with E-state index in [9.17, 15) is 0 Å². The molecule has 2 aromatic heterocycles. The van der Waals surface area contributed by atoms with Crippen molar-refractivity contribution in [1.82, 2.24) is 19.4 Å². The van der Waals surface area contributed by atoms with Gasteiger partial charge < -0.3 is 20.5 Å². The second-order valence-corrected chi connectivity index (χ2v) is 9.16. The van der Waals surface area contributed by atoms with Crippen molar-refractivity contribution >= 4 is 17.0 Å². The van der Waals surface area contributed by atoms with Gasteiger partial charge in [-0.1, -0.05) is 31.5 Å². The number of rotatable bonds is 7. The van der Waals surface area contributed by atoms with Gasteiger partial charge in [0.05, 0.1) is 22.8 Å². The lowest BCUT2D eigenvalue weighted by Crippen LogP contribution is -2.44. The molecule has 1 aliphatic carbocycles. The Hall–Kier alpha value is -2.44. The number of anilines is 1. The van der Waals surface area contributed by atoms with Gasteiger partial charge in [-0.15, -0.1) is 0 Å². The minimum Gasteiger partial charge on any atom is -0.353 e. The van der Waals surface area contributed by atoms with E-state index in [2.05, 4.69) is 52.0 Å². The molecule has 3 heterocycles. The van der Waals surface area contributed by atoms with Gasteiger partial charge in [-0.2, -0.15) is 0 Å². The van der Waals surface area contributed by atoms with Gasteiger partial charge in [0.2, 0.25) is 5.95 Å². The van der Waals surface area contributed by atoms with Crippen molar-refractivity contribution in [2.24, 2.45) is 5.73 Å². The molecule has 0 bridgehead atoms. The van der Waals surface area contributed by atoms with Crippen molar-refractivity contribution in [2.45, 2.75) is 63.6 Å². The van der Waals surface area contributed by atoms with Crippen LogP contribution < -0.4 is 11.1 Å². The van der Waals surface area contributed by atoms with E-state index >= 15 is 0 Å². The summed E-state index contributed by atoms with van der Waals surface area (Å²) in [6, 6.07) is 13.7. The number of likely N-dealkylation sites (tertiary alicyclic amines) is 1. The molecule has 3 aromatic rings. The predicted molar refractivity (Wildman–Crippen MR) is 126 cm³/mol. The van der Waals surface area contributed by atoms with Gasteiger partial charge in [-0.05, 0) is 55.9 Å². The van der Waals surface area contributed by atoms with E-state index in [4.69, 9.17) is 15.7 Å². The Morgan fingerprint density at radius 1 is 1.13 bits per heavy atom. The zero-order chi connectivity index (χ0) is 21.2. The zero-order valence-electron chi connectivity index (χ0n) is 18.5. The maximum atomic E-state index is 6.27. The number of imidazole rings is 1. The number of nitrogens with one attached hydrogen (secondary N) is 1. The Balaban J connectivity index is 1.35. The molecule has 2 atom stereocenters. The van der Waals surface area contributed by atoms with Crippen LogP contribution in [0.3, 0.4) is 0 Å². The second kappa shape index (κ2) is 8.97. The molecule has 2 aliphatic rings. The highest BCUT2D eigenvalue weighted by Gasteiger charge is 2.30. The third-order valence-electron chi connectivity index (χ3n) is 6.91. The van der Waals surface area contributed by atoms with Gasteiger partial charge in [-0.3, -0.25) is 4.98 Å². The fraction of sp³-hybridized carbons (Fsp3) is 0.520. The lowest BCUT2D eigenvalue weighted by Gasteiger charge is -2.34. The van der Waals surface area contributed by atoms with E-state index in [1.54, 1.807) is 0 Å². The molecule has 1 saturated heterocycles. The highest BCUT2D eigenvalue weighted by Crippen LogP contribution is 2.37. The van der Waals surface area contributed by atoms with Crippen LogP contribution in [0, 0.1) is 0 Å². The Bertz CT molecular complexity index is 1020. The van der Waals surface area contributed by atoms with Crippen LogP contribution in [-0.4, -0.2) is 51.2 Å². The van der Waals surface area contributed by atoms with Crippen LogP contribution in [0.25, 0.3) is 11.0 Å². The summed E-state index contributed by atoms with van der Waals surface area (Å²) < 4.78 is 2.40. The summed E-state index contributed by atoms with van der Waals surface area (Å²) in [5, 5.41) is 3.81. The zero-order valence-corrected chi connectivity index (χ0v) is 18.5. The SMILES string of the molecule is CCCC(N)CN1CCC(Nc2nc3ccccc3n2C2CCc3cccnc32)CC1. The molecule has 2 unspecified atom stereocenters. The second-order valence-electron chi connectivity index (χ2n) is 9.16. The van der Waals surface area contributed by atoms with Gasteiger partial charge >= 0.3 is 0 Å². The van der Waals surface area contributed by atoms with Crippen molar-refractivity contribution in [2.75, 3.05) is 25.0 Å². The fourth-order valence-electron chi connectivity index (χ4n) is 5.34. The average Bonchev–Trinajstić information content (AvgIpc) is 3.36. The Morgan fingerprint density at radius 3 is 2.81 bits per heavy atom.